The van der Waals surface area contributed by atoms with Crippen LogP contribution in [0.1, 0.15) is 16.1 Å². The third-order valence-corrected chi connectivity index (χ3v) is 3.57. The van der Waals surface area contributed by atoms with Crippen molar-refractivity contribution in [3.63, 3.8) is 0 Å². The van der Waals surface area contributed by atoms with E-state index in [0.29, 0.717) is 17.0 Å². The quantitative estimate of drug-likeness (QED) is 0.774. The molecule has 0 radical (unpaired) electrons. The standard InChI is InChI=1S/C16H12ClNO3/c17-12-3-1-2-10(6-12)9-18-14-5-4-13(19)7-11(14)8-15(18)16(20)21/h1-8,19H,9H2,(H,20,21). The predicted octanol–water partition coefficient (Wildman–Crippen LogP) is 3.75. The van der Waals surface area contributed by atoms with Crippen LogP contribution in [0.2, 0.25) is 5.02 Å². The first kappa shape index (κ1) is 13.5. The number of phenolic OH excluding ortho intramolecular Hbond substituents is 1. The second kappa shape index (κ2) is 5.14. The van der Waals surface area contributed by atoms with Gasteiger partial charge in [-0.05, 0) is 42.0 Å². The van der Waals surface area contributed by atoms with Crippen LogP contribution in [0.4, 0.5) is 0 Å². The first-order valence-corrected chi connectivity index (χ1v) is 6.72. The zero-order valence-electron chi connectivity index (χ0n) is 11.0. The zero-order valence-corrected chi connectivity index (χ0v) is 11.7. The molecule has 0 saturated carbocycles. The van der Waals surface area contributed by atoms with Gasteiger partial charge in [-0.15, -0.1) is 0 Å². The lowest BCUT2D eigenvalue weighted by molar-refractivity contribution is 0.0686. The Bertz CT molecular complexity index is 839. The number of carboxylic acids is 1. The third kappa shape index (κ3) is 2.58. The number of hydrogen-bond donors (Lipinski definition) is 2. The van der Waals surface area contributed by atoms with Crippen molar-refractivity contribution in [3.05, 3.63) is 64.8 Å². The smallest absolute Gasteiger partial charge is 0.352 e. The summed E-state index contributed by atoms with van der Waals surface area (Å²) in [6.07, 6.45) is 0. The fraction of sp³-hybridized carbons (Fsp3) is 0.0625. The number of aromatic carboxylic acids is 1. The lowest BCUT2D eigenvalue weighted by Crippen LogP contribution is -2.09. The summed E-state index contributed by atoms with van der Waals surface area (Å²) in [5, 5.41) is 20.2. The Morgan fingerprint density at radius 1 is 1.14 bits per heavy atom. The van der Waals surface area contributed by atoms with Gasteiger partial charge in [0.25, 0.3) is 0 Å². The first-order valence-electron chi connectivity index (χ1n) is 6.34. The van der Waals surface area contributed by atoms with Gasteiger partial charge in [0.2, 0.25) is 0 Å². The normalized spacial score (nSPS) is 10.9. The second-order valence-electron chi connectivity index (χ2n) is 4.79. The molecule has 0 fully saturated rings. The van der Waals surface area contributed by atoms with Crippen LogP contribution >= 0.6 is 11.6 Å². The minimum absolute atomic E-state index is 0.111. The largest absolute Gasteiger partial charge is 0.508 e. The molecule has 3 aromatic rings. The number of phenols is 1. The van der Waals surface area contributed by atoms with Crippen molar-refractivity contribution in [1.29, 1.82) is 0 Å². The van der Waals surface area contributed by atoms with Gasteiger partial charge >= 0.3 is 5.97 Å². The topological polar surface area (TPSA) is 62.5 Å². The molecule has 1 aromatic heterocycles. The van der Waals surface area contributed by atoms with Crippen LogP contribution in [0, 0.1) is 0 Å². The summed E-state index contributed by atoms with van der Waals surface area (Å²) in [6, 6.07) is 13.7. The number of benzene rings is 2. The minimum atomic E-state index is -1.01. The van der Waals surface area contributed by atoms with Gasteiger partial charge in [-0.25, -0.2) is 4.79 Å². The molecule has 0 aliphatic rings. The molecule has 0 saturated heterocycles. The average molecular weight is 302 g/mol. The second-order valence-corrected chi connectivity index (χ2v) is 5.23. The highest BCUT2D eigenvalue weighted by Gasteiger charge is 2.15. The first-order chi connectivity index (χ1) is 10.0. The molecule has 0 atom stereocenters. The van der Waals surface area contributed by atoms with Crippen LogP contribution in [0.3, 0.4) is 0 Å². The van der Waals surface area contributed by atoms with E-state index < -0.39 is 5.97 Å². The Morgan fingerprint density at radius 3 is 2.67 bits per heavy atom. The van der Waals surface area contributed by atoms with E-state index in [2.05, 4.69) is 0 Å². The molecule has 0 bridgehead atoms. The molecule has 0 aliphatic heterocycles. The van der Waals surface area contributed by atoms with Crippen molar-refractivity contribution in [2.75, 3.05) is 0 Å². The van der Waals surface area contributed by atoms with E-state index >= 15 is 0 Å². The van der Waals surface area contributed by atoms with E-state index in [1.54, 1.807) is 41.0 Å². The lowest BCUT2D eigenvalue weighted by atomic mass is 10.2. The maximum absolute atomic E-state index is 11.4. The molecule has 5 heteroatoms. The maximum Gasteiger partial charge on any atom is 0.352 e. The van der Waals surface area contributed by atoms with E-state index in [4.69, 9.17) is 11.6 Å². The van der Waals surface area contributed by atoms with E-state index in [1.165, 1.54) is 0 Å². The van der Waals surface area contributed by atoms with Gasteiger partial charge in [0.15, 0.2) is 0 Å². The van der Waals surface area contributed by atoms with Gasteiger partial charge in [0.05, 0.1) is 0 Å². The van der Waals surface area contributed by atoms with Gasteiger partial charge in [0.1, 0.15) is 11.4 Å². The fourth-order valence-electron chi connectivity index (χ4n) is 2.42. The summed E-state index contributed by atoms with van der Waals surface area (Å²) in [5.41, 5.74) is 1.84. The fourth-order valence-corrected chi connectivity index (χ4v) is 2.64. The number of hydrogen-bond acceptors (Lipinski definition) is 2. The number of halogens is 1. The Balaban J connectivity index is 2.15. The number of fused-ring (bicyclic) bond motifs is 1. The van der Waals surface area contributed by atoms with Crippen LogP contribution in [0.15, 0.2) is 48.5 Å². The molecule has 3 rings (SSSR count). The molecule has 0 aliphatic carbocycles. The van der Waals surface area contributed by atoms with E-state index in [0.717, 1.165) is 11.1 Å². The van der Waals surface area contributed by atoms with Crippen molar-refractivity contribution in [1.82, 2.24) is 4.57 Å². The summed E-state index contributed by atoms with van der Waals surface area (Å²) in [6.45, 7) is 0.399. The van der Waals surface area contributed by atoms with Gasteiger partial charge < -0.3 is 14.8 Å². The molecule has 2 aromatic carbocycles. The van der Waals surface area contributed by atoms with Gasteiger partial charge in [-0.2, -0.15) is 0 Å². The molecule has 106 valence electrons. The summed E-state index contributed by atoms with van der Waals surface area (Å²) in [5.74, 6) is -0.896. The Kier molecular flexibility index (Phi) is 3.31. The minimum Gasteiger partial charge on any atom is -0.508 e. The van der Waals surface area contributed by atoms with Gasteiger partial charge in [0, 0.05) is 22.5 Å². The van der Waals surface area contributed by atoms with Crippen molar-refractivity contribution in [2.45, 2.75) is 6.54 Å². The zero-order chi connectivity index (χ0) is 15.0. The number of carbonyl (C=O) groups is 1. The molecular formula is C16H12ClNO3. The number of rotatable bonds is 3. The van der Waals surface area contributed by atoms with Crippen LogP contribution in [-0.2, 0) is 6.54 Å². The molecular weight excluding hydrogens is 290 g/mol. The molecule has 2 N–H and O–H groups in total. The molecule has 1 heterocycles. The third-order valence-electron chi connectivity index (χ3n) is 3.33. The maximum atomic E-state index is 11.4. The highest BCUT2D eigenvalue weighted by atomic mass is 35.5. The van der Waals surface area contributed by atoms with Crippen LogP contribution < -0.4 is 0 Å². The van der Waals surface area contributed by atoms with Crippen LogP contribution in [0.5, 0.6) is 5.75 Å². The average Bonchev–Trinajstić information content (AvgIpc) is 2.77. The Hall–Kier alpha value is -2.46. The number of carboxylic acid groups (broad SMARTS) is 1. The molecule has 0 unspecified atom stereocenters. The summed E-state index contributed by atoms with van der Waals surface area (Å²) >= 11 is 5.97. The number of aromatic hydroxyl groups is 1. The molecule has 0 spiro atoms. The lowest BCUT2D eigenvalue weighted by Gasteiger charge is -2.09. The highest BCUT2D eigenvalue weighted by Crippen LogP contribution is 2.25. The number of nitrogens with zero attached hydrogens (tertiary/aromatic N) is 1. The molecule has 21 heavy (non-hydrogen) atoms. The van der Waals surface area contributed by atoms with Gasteiger partial charge in [-0.3, -0.25) is 0 Å². The Morgan fingerprint density at radius 2 is 1.95 bits per heavy atom. The van der Waals surface area contributed by atoms with E-state index in [1.807, 2.05) is 12.1 Å². The predicted molar refractivity (Wildman–Crippen MR) is 81.1 cm³/mol. The van der Waals surface area contributed by atoms with Crippen molar-refractivity contribution in [2.24, 2.45) is 0 Å². The van der Waals surface area contributed by atoms with Crippen molar-refractivity contribution < 1.29 is 15.0 Å². The van der Waals surface area contributed by atoms with Crippen LogP contribution in [0.25, 0.3) is 10.9 Å². The molecule has 4 nitrogen and oxygen atoms in total. The van der Waals surface area contributed by atoms with Crippen LogP contribution in [-0.4, -0.2) is 20.7 Å². The summed E-state index contributed by atoms with van der Waals surface area (Å²) in [7, 11) is 0. The summed E-state index contributed by atoms with van der Waals surface area (Å²) < 4.78 is 1.70. The van der Waals surface area contributed by atoms with Gasteiger partial charge in [-0.1, -0.05) is 23.7 Å². The highest BCUT2D eigenvalue weighted by molar-refractivity contribution is 6.30. The Labute approximate surface area is 125 Å². The number of aromatic nitrogens is 1. The molecule has 0 amide bonds. The van der Waals surface area contributed by atoms with E-state index in [-0.39, 0.29) is 11.4 Å². The van der Waals surface area contributed by atoms with Crippen molar-refractivity contribution >= 4 is 28.5 Å². The SMILES string of the molecule is O=C(O)c1cc2cc(O)ccc2n1Cc1cccc(Cl)c1. The monoisotopic (exact) mass is 301 g/mol. The summed E-state index contributed by atoms with van der Waals surface area (Å²) in [4.78, 5) is 11.4. The van der Waals surface area contributed by atoms with E-state index in [9.17, 15) is 15.0 Å². The van der Waals surface area contributed by atoms with Crippen molar-refractivity contribution in [3.8, 4) is 5.75 Å².